The van der Waals surface area contributed by atoms with Crippen molar-refractivity contribution in [1.82, 2.24) is 0 Å². The van der Waals surface area contributed by atoms with Gasteiger partial charge in [-0.25, -0.2) is 0 Å². The second kappa shape index (κ2) is 3.59. The van der Waals surface area contributed by atoms with Crippen LogP contribution in [0.4, 0.5) is 5.69 Å². The second-order valence-corrected chi connectivity index (χ2v) is 3.74. The van der Waals surface area contributed by atoms with Crippen LogP contribution in [0.1, 0.15) is 12.5 Å². The summed E-state index contributed by atoms with van der Waals surface area (Å²) >= 11 is 5.93. The van der Waals surface area contributed by atoms with Crippen molar-refractivity contribution in [2.45, 2.75) is 19.4 Å². The average Bonchev–Trinajstić information content (AvgIpc) is 2.55. The predicted molar refractivity (Wildman–Crippen MR) is 57.7 cm³/mol. The first-order valence-electron chi connectivity index (χ1n) is 4.77. The quantitative estimate of drug-likeness (QED) is 0.656. The van der Waals surface area contributed by atoms with Crippen LogP contribution < -0.4 is 4.90 Å². The predicted octanol–water partition coefficient (Wildman–Crippen LogP) is 2.68. The van der Waals surface area contributed by atoms with E-state index in [1.807, 2.05) is 0 Å². The highest BCUT2D eigenvalue weighted by Gasteiger charge is 2.26. The van der Waals surface area contributed by atoms with E-state index in [4.69, 9.17) is 11.6 Å². The highest BCUT2D eigenvalue weighted by molar-refractivity contribution is 6.18. The third kappa shape index (κ3) is 1.42. The number of para-hydroxylation sites is 1. The van der Waals surface area contributed by atoms with E-state index in [-0.39, 0.29) is 0 Å². The molecule has 1 nitrogen and oxygen atoms in total. The number of hydrogen-bond donors (Lipinski definition) is 0. The minimum atomic E-state index is 0.504. The van der Waals surface area contributed by atoms with Crippen molar-refractivity contribution < 1.29 is 0 Å². The molecule has 1 aliphatic heterocycles. The largest absolute Gasteiger partial charge is 0.367 e. The van der Waals surface area contributed by atoms with Crippen molar-refractivity contribution >= 4 is 17.3 Å². The number of benzene rings is 1. The highest BCUT2D eigenvalue weighted by Crippen LogP contribution is 2.31. The lowest BCUT2D eigenvalue weighted by atomic mass is 10.1. The lowest BCUT2D eigenvalue weighted by Gasteiger charge is -2.24. The molecule has 0 bridgehead atoms. The lowest BCUT2D eigenvalue weighted by Crippen LogP contribution is -2.32. The summed E-state index contributed by atoms with van der Waals surface area (Å²) in [6, 6.07) is 9.08. The first kappa shape index (κ1) is 8.89. The molecule has 2 rings (SSSR count). The molecule has 1 unspecified atom stereocenters. The molecule has 1 atom stereocenters. The van der Waals surface area contributed by atoms with Crippen molar-refractivity contribution in [3.8, 4) is 0 Å². The van der Waals surface area contributed by atoms with Gasteiger partial charge in [0.25, 0.3) is 0 Å². The van der Waals surface area contributed by atoms with E-state index < -0.39 is 0 Å². The molecule has 0 saturated heterocycles. The van der Waals surface area contributed by atoms with Crippen molar-refractivity contribution in [2.75, 3.05) is 17.3 Å². The maximum Gasteiger partial charge on any atom is 0.0466 e. The van der Waals surface area contributed by atoms with E-state index in [2.05, 4.69) is 36.1 Å². The molecular weight excluding hydrogens is 182 g/mol. The van der Waals surface area contributed by atoms with Gasteiger partial charge in [0.15, 0.2) is 0 Å². The van der Waals surface area contributed by atoms with Gasteiger partial charge in [-0.3, -0.25) is 0 Å². The molecule has 0 radical (unpaired) electrons. The smallest absolute Gasteiger partial charge is 0.0466 e. The van der Waals surface area contributed by atoms with E-state index >= 15 is 0 Å². The zero-order valence-corrected chi connectivity index (χ0v) is 8.59. The van der Waals surface area contributed by atoms with E-state index in [9.17, 15) is 0 Å². The van der Waals surface area contributed by atoms with E-state index in [1.54, 1.807) is 0 Å². The first-order chi connectivity index (χ1) is 6.36. The summed E-state index contributed by atoms with van der Waals surface area (Å²) in [5.74, 6) is 0.725. The standard InChI is InChI=1S/C11H14ClN/c1-2-13-10(8-12)7-9-5-3-4-6-11(9)13/h3-6,10H,2,7-8H2,1H3. The number of halogens is 1. The maximum atomic E-state index is 5.93. The summed E-state index contributed by atoms with van der Waals surface area (Å²) in [6.45, 7) is 3.23. The molecule has 0 aliphatic carbocycles. The average molecular weight is 196 g/mol. The minimum Gasteiger partial charge on any atom is -0.367 e. The minimum absolute atomic E-state index is 0.504. The van der Waals surface area contributed by atoms with Crippen molar-refractivity contribution in [1.29, 1.82) is 0 Å². The Labute approximate surface area is 84.3 Å². The van der Waals surface area contributed by atoms with Gasteiger partial charge in [-0.15, -0.1) is 11.6 Å². The molecule has 0 aromatic heterocycles. The van der Waals surface area contributed by atoms with E-state index in [0.29, 0.717) is 6.04 Å². The Kier molecular flexibility index (Phi) is 2.45. The van der Waals surface area contributed by atoms with Crippen LogP contribution in [-0.4, -0.2) is 18.5 Å². The van der Waals surface area contributed by atoms with Gasteiger partial charge in [-0.1, -0.05) is 18.2 Å². The van der Waals surface area contributed by atoms with Gasteiger partial charge >= 0.3 is 0 Å². The molecule has 1 aliphatic rings. The molecule has 2 heteroatoms. The number of hydrogen-bond acceptors (Lipinski definition) is 1. The van der Waals surface area contributed by atoms with Crippen LogP contribution >= 0.6 is 11.6 Å². The Morgan fingerprint density at radius 1 is 1.46 bits per heavy atom. The number of likely N-dealkylation sites (N-methyl/N-ethyl adjacent to an activating group) is 1. The Hall–Kier alpha value is -0.690. The van der Waals surface area contributed by atoms with Gasteiger partial charge in [0.1, 0.15) is 0 Å². The number of nitrogens with zero attached hydrogens (tertiary/aromatic N) is 1. The van der Waals surface area contributed by atoms with Crippen molar-refractivity contribution in [3.05, 3.63) is 29.8 Å². The van der Waals surface area contributed by atoms with Gasteiger partial charge in [0.05, 0.1) is 0 Å². The summed E-state index contributed by atoms with van der Waals surface area (Å²) in [5.41, 5.74) is 2.81. The van der Waals surface area contributed by atoms with Crippen LogP contribution in [0.15, 0.2) is 24.3 Å². The molecule has 0 amide bonds. The normalized spacial score (nSPS) is 20.5. The summed E-state index contributed by atoms with van der Waals surface area (Å²) in [7, 11) is 0. The zero-order chi connectivity index (χ0) is 9.26. The van der Waals surface area contributed by atoms with Gasteiger partial charge < -0.3 is 4.90 Å². The van der Waals surface area contributed by atoms with Gasteiger partial charge in [0.2, 0.25) is 0 Å². The van der Waals surface area contributed by atoms with E-state index in [0.717, 1.165) is 18.8 Å². The van der Waals surface area contributed by atoms with Crippen molar-refractivity contribution in [2.24, 2.45) is 0 Å². The molecule has 0 fully saturated rings. The van der Waals surface area contributed by atoms with Crippen LogP contribution in [-0.2, 0) is 6.42 Å². The number of alkyl halides is 1. The van der Waals surface area contributed by atoms with Crippen LogP contribution in [0.25, 0.3) is 0 Å². The van der Waals surface area contributed by atoms with E-state index in [1.165, 1.54) is 11.3 Å². The Bertz CT molecular complexity index is 298. The Balaban J connectivity index is 2.34. The van der Waals surface area contributed by atoms with Gasteiger partial charge in [0, 0.05) is 24.2 Å². The number of rotatable bonds is 2. The highest BCUT2D eigenvalue weighted by atomic mass is 35.5. The fraction of sp³-hybridized carbons (Fsp3) is 0.455. The number of fused-ring (bicyclic) bond motifs is 1. The van der Waals surface area contributed by atoms with Crippen LogP contribution in [0.2, 0.25) is 0 Å². The monoisotopic (exact) mass is 195 g/mol. The van der Waals surface area contributed by atoms with Gasteiger partial charge in [-0.2, -0.15) is 0 Å². The fourth-order valence-electron chi connectivity index (χ4n) is 2.09. The maximum absolute atomic E-state index is 5.93. The summed E-state index contributed by atoms with van der Waals surface area (Å²) in [6.07, 6.45) is 1.10. The molecule has 70 valence electrons. The Morgan fingerprint density at radius 2 is 2.23 bits per heavy atom. The van der Waals surface area contributed by atoms with Crippen LogP contribution in [0.5, 0.6) is 0 Å². The van der Waals surface area contributed by atoms with Crippen molar-refractivity contribution in [3.63, 3.8) is 0 Å². The number of anilines is 1. The molecule has 1 aromatic carbocycles. The molecule has 1 aromatic rings. The fourth-order valence-corrected chi connectivity index (χ4v) is 2.37. The summed E-state index contributed by atoms with van der Waals surface area (Å²) < 4.78 is 0. The topological polar surface area (TPSA) is 3.24 Å². The molecule has 0 N–H and O–H groups in total. The third-order valence-corrected chi connectivity index (χ3v) is 3.07. The van der Waals surface area contributed by atoms with Crippen LogP contribution in [0, 0.1) is 0 Å². The van der Waals surface area contributed by atoms with Crippen LogP contribution in [0.3, 0.4) is 0 Å². The second-order valence-electron chi connectivity index (χ2n) is 3.43. The third-order valence-electron chi connectivity index (χ3n) is 2.72. The molecule has 0 saturated carbocycles. The molecular formula is C11H14ClN. The first-order valence-corrected chi connectivity index (χ1v) is 5.30. The molecule has 0 spiro atoms. The molecule has 1 heterocycles. The summed E-state index contributed by atoms with van der Waals surface area (Å²) in [5, 5.41) is 0. The summed E-state index contributed by atoms with van der Waals surface area (Å²) in [4.78, 5) is 2.39. The zero-order valence-electron chi connectivity index (χ0n) is 7.83. The Morgan fingerprint density at radius 3 is 2.92 bits per heavy atom. The van der Waals surface area contributed by atoms with Gasteiger partial charge in [-0.05, 0) is 25.0 Å². The lowest BCUT2D eigenvalue weighted by molar-refractivity contribution is 0.696. The molecule has 13 heavy (non-hydrogen) atoms. The SMILES string of the molecule is CCN1c2ccccc2CC1CCl.